The molecular formula is C15H22N2. The fourth-order valence-electron chi connectivity index (χ4n) is 3.64. The second-order valence-corrected chi connectivity index (χ2v) is 5.66. The summed E-state index contributed by atoms with van der Waals surface area (Å²) in [4.78, 5) is 2.57. The molecule has 1 aromatic carbocycles. The Bertz CT molecular complexity index is 413. The first-order valence-electron chi connectivity index (χ1n) is 6.88. The zero-order chi connectivity index (χ0) is 11.8. The molecule has 2 fully saturated rings. The maximum absolute atomic E-state index is 6.18. The lowest BCUT2D eigenvalue weighted by atomic mass is 9.85. The lowest BCUT2D eigenvalue weighted by molar-refractivity contribution is 0.342. The van der Waals surface area contributed by atoms with Crippen molar-refractivity contribution in [2.75, 3.05) is 17.2 Å². The molecule has 1 heterocycles. The predicted octanol–water partition coefficient (Wildman–Crippen LogP) is 3.35. The van der Waals surface area contributed by atoms with Crippen LogP contribution in [-0.4, -0.2) is 12.6 Å². The van der Waals surface area contributed by atoms with Gasteiger partial charge in [-0.05, 0) is 49.8 Å². The van der Waals surface area contributed by atoms with Crippen LogP contribution >= 0.6 is 0 Å². The van der Waals surface area contributed by atoms with Gasteiger partial charge in [-0.3, -0.25) is 0 Å². The van der Waals surface area contributed by atoms with E-state index in [0.717, 1.165) is 17.6 Å². The Hall–Kier alpha value is -1.18. The molecule has 0 amide bonds. The number of aryl methyl sites for hydroxylation is 1. The maximum atomic E-state index is 6.18. The number of anilines is 2. The summed E-state index contributed by atoms with van der Waals surface area (Å²) >= 11 is 0. The van der Waals surface area contributed by atoms with Crippen molar-refractivity contribution in [2.24, 2.45) is 5.92 Å². The highest BCUT2D eigenvalue weighted by molar-refractivity contribution is 5.69. The second-order valence-electron chi connectivity index (χ2n) is 5.66. The van der Waals surface area contributed by atoms with E-state index in [1.165, 1.54) is 49.9 Å². The largest absolute Gasteiger partial charge is 0.397 e. The summed E-state index contributed by atoms with van der Waals surface area (Å²) in [5.74, 6) is 0.921. The first kappa shape index (κ1) is 10.9. The Morgan fingerprint density at radius 2 is 2.00 bits per heavy atom. The van der Waals surface area contributed by atoms with E-state index in [0.29, 0.717) is 0 Å². The van der Waals surface area contributed by atoms with Crippen LogP contribution < -0.4 is 10.6 Å². The van der Waals surface area contributed by atoms with Gasteiger partial charge in [-0.25, -0.2) is 0 Å². The van der Waals surface area contributed by atoms with Crippen LogP contribution in [0.4, 0.5) is 11.4 Å². The number of rotatable bonds is 1. The average Bonchev–Trinajstić information content (AvgIpc) is 2.73. The van der Waals surface area contributed by atoms with Crippen LogP contribution in [0.3, 0.4) is 0 Å². The van der Waals surface area contributed by atoms with Crippen LogP contribution in [0.1, 0.15) is 37.7 Å². The summed E-state index contributed by atoms with van der Waals surface area (Å²) in [6.07, 6.45) is 6.96. The van der Waals surface area contributed by atoms with Gasteiger partial charge < -0.3 is 10.6 Å². The van der Waals surface area contributed by atoms with E-state index in [4.69, 9.17) is 5.73 Å². The zero-order valence-corrected chi connectivity index (χ0v) is 10.7. The van der Waals surface area contributed by atoms with Crippen molar-refractivity contribution in [1.82, 2.24) is 0 Å². The van der Waals surface area contributed by atoms with Gasteiger partial charge in [-0.2, -0.15) is 0 Å². The van der Waals surface area contributed by atoms with Gasteiger partial charge in [0.1, 0.15) is 0 Å². The van der Waals surface area contributed by atoms with Gasteiger partial charge in [-0.1, -0.05) is 18.9 Å². The summed E-state index contributed by atoms with van der Waals surface area (Å²) in [5, 5.41) is 0. The van der Waals surface area contributed by atoms with E-state index in [2.05, 4.69) is 30.0 Å². The summed E-state index contributed by atoms with van der Waals surface area (Å²) < 4.78 is 0. The molecule has 17 heavy (non-hydrogen) atoms. The summed E-state index contributed by atoms with van der Waals surface area (Å²) in [6.45, 7) is 3.30. The summed E-state index contributed by atoms with van der Waals surface area (Å²) in [6, 6.07) is 7.25. The second kappa shape index (κ2) is 4.25. The Labute approximate surface area is 104 Å². The molecule has 0 spiro atoms. The van der Waals surface area contributed by atoms with Crippen molar-refractivity contribution in [3.05, 3.63) is 23.8 Å². The van der Waals surface area contributed by atoms with Gasteiger partial charge in [-0.15, -0.1) is 0 Å². The van der Waals surface area contributed by atoms with Crippen LogP contribution in [0, 0.1) is 12.8 Å². The highest BCUT2D eigenvalue weighted by atomic mass is 15.2. The van der Waals surface area contributed by atoms with Gasteiger partial charge in [0, 0.05) is 12.6 Å². The van der Waals surface area contributed by atoms with E-state index in [9.17, 15) is 0 Å². The molecular weight excluding hydrogens is 208 g/mol. The zero-order valence-electron chi connectivity index (χ0n) is 10.7. The number of benzene rings is 1. The molecule has 0 bridgehead atoms. The Balaban J connectivity index is 1.88. The molecule has 0 radical (unpaired) electrons. The van der Waals surface area contributed by atoms with Gasteiger partial charge in [0.25, 0.3) is 0 Å². The van der Waals surface area contributed by atoms with Crippen molar-refractivity contribution in [1.29, 1.82) is 0 Å². The number of fused-ring (bicyclic) bond motifs is 1. The van der Waals surface area contributed by atoms with Crippen molar-refractivity contribution >= 4 is 11.4 Å². The SMILES string of the molecule is Cc1ccc(N2CCC3CCCCC32)c(N)c1. The van der Waals surface area contributed by atoms with Crippen LogP contribution in [0.15, 0.2) is 18.2 Å². The molecule has 1 aromatic rings. The van der Waals surface area contributed by atoms with E-state index in [1.807, 2.05) is 0 Å². The molecule has 2 N–H and O–H groups in total. The first-order chi connectivity index (χ1) is 8.25. The fraction of sp³-hybridized carbons (Fsp3) is 0.600. The minimum absolute atomic E-state index is 0.758. The Morgan fingerprint density at radius 3 is 2.82 bits per heavy atom. The third kappa shape index (κ3) is 1.90. The smallest absolute Gasteiger partial charge is 0.0602 e. The van der Waals surface area contributed by atoms with Crippen LogP contribution in [-0.2, 0) is 0 Å². The van der Waals surface area contributed by atoms with Gasteiger partial charge in [0.2, 0.25) is 0 Å². The van der Waals surface area contributed by atoms with Crippen molar-refractivity contribution < 1.29 is 0 Å². The average molecular weight is 230 g/mol. The number of nitrogen functional groups attached to an aromatic ring is 1. The first-order valence-corrected chi connectivity index (χ1v) is 6.88. The molecule has 1 aliphatic carbocycles. The van der Waals surface area contributed by atoms with Crippen molar-refractivity contribution in [3.8, 4) is 0 Å². The van der Waals surface area contributed by atoms with Crippen LogP contribution in [0.2, 0.25) is 0 Å². The van der Waals surface area contributed by atoms with Crippen molar-refractivity contribution in [3.63, 3.8) is 0 Å². The molecule has 3 rings (SSSR count). The summed E-state index contributed by atoms with van der Waals surface area (Å²) in [5.41, 5.74) is 9.66. The fourth-order valence-corrected chi connectivity index (χ4v) is 3.64. The molecule has 1 aliphatic heterocycles. The third-order valence-electron chi connectivity index (χ3n) is 4.50. The third-order valence-corrected chi connectivity index (χ3v) is 4.50. The van der Waals surface area contributed by atoms with Gasteiger partial charge in [0.05, 0.1) is 11.4 Å². The Morgan fingerprint density at radius 1 is 1.18 bits per heavy atom. The van der Waals surface area contributed by atoms with Gasteiger partial charge in [0.15, 0.2) is 0 Å². The lowest BCUT2D eigenvalue weighted by Crippen LogP contribution is -2.35. The summed E-state index contributed by atoms with van der Waals surface area (Å²) in [7, 11) is 0. The minimum atomic E-state index is 0.758. The van der Waals surface area contributed by atoms with E-state index in [1.54, 1.807) is 0 Å². The number of nitrogens with two attached hydrogens (primary N) is 1. The van der Waals surface area contributed by atoms with E-state index < -0.39 is 0 Å². The highest BCUT2D eigenvalue weighted by Gasteiger charge is 2.36. The molecule has 2 nitrogen and oxygen atoms in total. The maximum Gasteiger partial charge on any atom is 0.0602 e. The van der Waals surface area contributed by atoms with Crippen molar-refractivity contribution in [2.45, 2.75) is 45.1 Å². The topological polar surface area (TPSA) is 29.3 Å². The van der Waals surface area contributed by atoms with Crippen LogP contribution in [0.5, 0.6) is 0 Å². The lowest BCUT2D eigenvalue weighted by Gasteiger charge is -2.33. The number of hydrogen-bond acceptors (Lipinski definition) is 2. The van der Waals surface area contributed by atoms with Gasteiger partial charge >= 0.3 is 0 Å². The van der Waals surface area contributed by atoms with E-state index in [-0.39, 0.29) is 0 Å². The predicted molar refractivity (Wildman–Crippen MR) is 73.3 cm³/mol. The molecule has 0 aromatic heterocycles. The molecule has 1 saturated carbocycles. The Kier molecular flexibility index (Phi) is 2.73. The quantitative estimate of drug-likeness (QED) is 0.750. The molecule has 1 saturated heterocycles. The molecule has 2 atom stereocenters. The minimum Gasteiger partial charge on any atom is -0.397 e. The highest BCUT2D eigenvalue weighted by Crippen LogP contribution is 2.40. The number of nitrogens with zero attached hydrogens (tertiary/aromatic N) is 1. The standard InChI is InChI=1S/C15H22N2/c1-11-6-7-15(13(16)10-11)17-9-8-12-4-2-3-5-14(12)17/h6-7,10,12,14H,2-5,8-9,16H2,1H3. The monoisotopic (exact) mass is 230 g/mol. The van der Waals surface area contributed by atoms with E-state index >= 15 is 0 Å². The molecule has 92 valence electrons. The van der Waals surface area contributed by atoms with Crippen LogP contribution in [0.25, 0.3) is 0 Å². The molecule has 2 aliphatic rings. The molecule has 2 unspecified atom stereocenters. The number of hydrogen-bond donors (Lipinski definition) is 1. The molecule has 2 heteroatoms. The normalized spacial score (nSPS) is 28.2.